The van der Waals surface area contributed by atoms with Crippen LogP contribution < -0.4 is 0 Å². The van der Waals surface area contributed by atoms with Gasteiger partial charge in [-0.1, -0.05) is 0 Å². The van der Waals surface area contributed by atoms with E-state index in [0.717, 1.165) is 0 Å². The number of nitro benzene ring substituents is 1. The van der Waals surface area contributed by atoms with Crippen LogP contribution in [0, 0.1) is 24.0 Å². The molecule has 1 saturated heterocycles. The molecule has 2 aromatic rings. The molecule has 9 heteroatoms. The summed E-state index contributed by atoms with van der Waals surface area (Å²) in [6.45, 7) is 4.40. The summed E-state index contributed by atoms with van der Waals surface area (Å²) >= 11 is 0. The average molecular weight is 372 g/mol. The normalized spacial score (nSPS) is 15.0. The van der Waals surface area contributed by atoms with Crippen LogP contribution in [0.15, 0.2) is 24.4 Å². The first kappa shape index (κ1) is 18.6. The summed E-state index contributed by atoms with van der Waals surface area (Å²) in [6, 6.07) is 4.41. The molecule has 1 N–H and O–H groups in total. The van der Waals surface area contributed by atoms with E-state index < -0.39 is 10.9 Å². The molecule has 1 amide bonds. The number of carboxylic acid groups (broad SMARTS) is 1. The average Bonchev–Trinajstić information content (AvgIpc) is 3.02. The lowest BCUT2D eigenvalue weighted by atomic mass is 10.0. The number of carbonyl (C=O) groups excluding carboxylic acids is 1. The molecule has 9 nitrogen and oxygen atoms in total. The van der Waals surface area contributed by atoms with Crippen molar-refractivity contribution < 1.29 is 19.6 Å². The molecule has 0 saturated carbocycles. The molecule has 0 atom stereocenters. The van der Waals surface area contributed by atoms with Crippen LogP contribution in [-0.2, 0) is 0 Å². The summed E-state index contributed by atoms with van der Waals surface area (Å²) in [5, 5.41) is 24.4. The largest absolute Gasteiger partial charge is 0.478 e. The molecule has 27 heavy (non-hydrogen) atoms. The van der Waals surface area contributed by atoms with Gasteiger partial charge in [-0.15, -0.1) is 0 Å². The monoisotopic (exact) mass is 372 g/mol. The van der Waals surface area contributed by atoms with Gasteiger partial charge in [-0.05, 0) is 38.3 Å². The van der Waals surface area contributed by atoms with Crippen LogP contribution in [-0.4, -0.2) is 49.7 Å². The lowest BCUT2D eigenvalue weighted by Crippen LogP contribution is -2.39. The minimum absolute atomic E-state index is 0.0222. The highest BCUT2D eigenvalue weighted by Crippen LogP contribution is 2.26. The van der Waals surface area contributed by atoms with Gasteiger partial charge in [-0.3, -0.25) is 19.6 Å². The number of aromatic carboxylic acids is 1. The quantitative estimate of drug-likeness (QED) is 0.651. The third kappa shape index (κ3) is 3.67. The van der Waals surface area contributed by atoms with Crippen LogP contribution in [0.5, 0.6) is 0 Å². The third-order valence-electron chi connectivity index (χ3n) is 4.89. The predicted octanol–water partition coefficient (Wildman–Crippen LogP) is 2.58. The highest BCUT2D eigenvalue weighted by molar-refractivity contribution is 5.95. The molecule has 1 aromatic heterocycles. The molecule has 142 valence electrons. The van der Waals surface area contributed by atoms with Crippen LogP contribution >= 0.6 is 0 Å². The van der Waals surface area contributed by atoms with Gasteiger partial charge in [0.05, 0.1) is 22.9 Å². The molecule has 0 unspecified atom stereocenters. The fourth-order valence-electron chi connectivity index (χ4n) is 3.49. The second-order valence-corrected chi connectivity index (χ2v) is 6.73. The number of piperidine rings is 1. The van der Waals surface area contributed by atoms with E-state index in [0.29, 0.717) is 42.8 Å². The number of amides is 1. The lowest BCUT2D eigenvalue weighted by Gasteiger charge is -2.32. The molecular weight excluding hydrogens is 352 g/mol. The Morgan fingerprint density at radius 3 is 2.44 bits per heavy atom. The maximum atomic E-state index is 12.7. The fraction of sp³-hybridized carbons (Fsp3) is 0.389. The number of hydrogen-bond donors (Lipinski definition) is 1. The van der Waals surface area contributed by atoms with Crippen molar-refractivity contribution in [3.8, 4) is 0 Å². The first-order valence-corrected chi connectivity index (χ1v) is 8.60. The minimum atomic E-state index is -1.01. The summed E-state index contributed by atoms with van der Waals surface area (Å²) in [4.78, 5) is 36.1. The summed E-state index contributed by atoms with van der Waals surface area (Å²) in [6.07, 6.45) is 2.63. The summed E-state index contributed by atoms with van der Waals surface area (Å²) in [7, 11) is 0. The maximum Gasteiger partial charge on any atom is 0.339 e. The van der Waals surface area contributed by atoms with Gasteiger partial charge >= 0.3 is 5.97 Å². The maximum absolute atomic E-state index is 12.7. The number of aromatic nitrogens is 2. The smallest absolute Gasteiger partial charge is 0.339 e. The topological polar surface area (TPSA) is 119 Å². The molecule has 1 aliphatic heterocycles. The summed E-state index contributed by atoms with van der Waals surface area (Å²) < 4.78 is 1.71. The summed E-state index contributed by atoms with van der Waals surface area (Å²) in [5.41, 5.74) is 1.66. The highest BCUT2D eigenvalue weighted by atomic mass is 16.6. The van der Waals surface area contributed by atoms with Gasteiger partial charge in [-0.2, -0.15) is 5.10 Å². The van der Waals surface area contributed by atoms with Gasteiger partial charge in [0.1, 0.15) is 5.56 Å². The Morgan fingerprint density at radius 1 is 1.22 bits per heavy atom. The van der Waals surface area contributed by atoms with Crippen molar-refractivity contribution in [3.63, 3.8) is 0 Å². The number of nitrogens with zero attached hydrogens (tertiary/aromatic N) is 4. The molecule has 0 bridgehead atoms. The van der Waals surface area contributed by atoms with Crippen molar-refractivity contribution in [1.29, 1.82) is 0 Å². The van der Waals surface area contributed by atoms with E-state index >= 15 is 0 Å². The van der Waals surface area contributed by atoms with Gasteiger partial charge in [0, 0.05) is 30.8 Å². The highest BCUT2D eigenvalue weighted by Gasteiger charge is 2.27. The van der Waals surface area contributed by atoms with Crippen molar-refractivity contribution in [1.82, 2.24) is 14.7 Å². The number of non-ortho nitro benzene ring substituents is 1. The zero-order valence-electron chi connectivity index (χ0n) is 15.1. The number of hydrogen-bond acceptors (Lipinski definition) is 5. The number of likely N-dealkylation sites (tertiary alicyclic amines) is 1. The van der Waals surface area contributed by atoms with Gasteiger partial charge < -0.3 is 10.0 Å². The SMILES string of the molecule is Cc1cc(C(=O)N2CCC(n3ncc(C(=O)O)c3C)CC2)cc([N+](=O)[O-])c1. The Morgan fingerprint density at radius 2 is 1.89 bits per heavy atom. The van der Waals surface area contributed by atoms with Gasteiger partial charge in [0.15, 0.2) is 0 Å². The van der Waals surface area contributed by atoms with E-state index in [4.69, 9.17) is 5.11 Å². The zero-order valence-corrected chi connectivity index (χ0v) is 15.1. The van der Waals surface area contributed by atoms with E-state index in [2.05, 4.69) is 5.10 Å². The second-order valence-electron chi connectivity index (χ2n) is 6.73. The van der Waals surface area contributed by atoms with Crippen molar-refractivity contribution in [2.45, 2.75) is 32.7 Å². The number of benzene rings is 1. The Balaban J connectivity index is 1.71. The first-order valence-electron chi connectivity index (χ1n) is 8.60. The number of nitro groups is 1. The minimum Gasteiger partial charge on any atom is -0.478 e. The predicted molar refractivity (Wildman–Crippen MR) is 95.9 cm³/mol. The number of rotatable bonds is 4. The van der Waals surface area contributed by atoms with E-state index in [1.807, 2.05) is 0 Å². The number of carbonyl (C=O) groups is 2. The Hall–Kier alpha value is -3.23. The van der Waals surface area contributed by atoms with Crippen LogP contribution in [0.1, 0.15) is 50.9 Å². The third-order valence-corrected chi connectivity index (χ3v) is 4.89. The van der Waals surface area contributed by atoms with E-state index in [1.54, 1.807) is 29.5 Å². The van der Waals surface area contributed by atoms with Gasteiger partial charge in [0.25, 0.3) is 11.6 Å². The van der Waals surface area contributed by atoms with Crippen LogP contribution in [0.4, 0.5) is 5.69 Å². The molecule has 0 spiro atoms. The van der Waals surface area contributed by atoms with E-state index in [9.17, 15) is 19.7 Å². The fourth-order valence-corrected chi connectivity index (χ4v) is 3.49. The van der Waals surface area contributed by atoms with Crippen LogP contribution in [0.25, 0.3) is 0 Å². The van der Waals surface area contributed by atoms with Crippen molar-refractivity contribution in [3.05, 3.63) is 56.9 Å². The van der Waals surface area contributed by atoms with Crippen molar-refractivity contribution >= 4 is 17.6 Å². The van der Waals surface area contributed by atoms with Crippen molar-refractivity contribution in [2.75, 3.05) is 13.1 Å². The zero-order chi connectivity index (χ0) is 19.7. The molecule has 1 aromatic carbocycles. The molecule has 3 rings (SSSR count). The van der Waals surface area contributed by atoms with E-state index in [-0.39, 0.29) is 23.2 Å². The Labute approximate surface area is 155 Å². The molecular formula is C18H20N4O5. The van der Waals surface area contributed by atoms with Gasteiger partial charge in [-0.25, -0.2) is 4.79 Å². The summed E-state index contributed by atoms with van der Waals surface area (Å²) in [5.74, 6) is -1.24. The lowest BCUT2D eigenvalue weighted by molar-refractivity contribution is -0.384. The number of aryl methyl sites for hydroxylation is 1. The Kier molecular flexibility index (Phi) is 4.93. The molecule has 1 fully saturated rings. The standard InChI is InChI=1S/C18H20N4O5/c1-11-7-13(9-15(8-11)22(26)27)17(23)20-5-3-14(4-6-20)21-12(2)16(10-19-21)18(24)25/h7-10,14H,3-6H2,1-2H3,(H,24,25). The molecule has 0 aliphatic carbocycles. The van der Waals surface area contributed by atoms with Crippen molar-refractivity contribution in [2.24, 2.45) is 0 Å². The molecule has 1 aliphatic rings. The van der Waals surface area contributed by atoms with Crippen LogP contribution in [0.2, 0.25) is 0 Å². The second kappa shape index (κ2) is 7.18. The Bertz CT molecular complexity index is 912. The number of carboxylic acids is 1. The first-order chi connectivity index (χ1) is 12.8. The van der Waals surface area contributed by atoms with E-state index in [1.165, 1.54) is 18.3 Å². The molecule has 0 radical (unpaired) electrons. The van der Waals surface area contributed by atoms with Gasteiger partial charge in [0.2, 0.25) is 0 Å². The molecule has 2 heterocycles. The van der Waals surface area contributed by atoms with Crippen LogP contribution in [0.3, 0.4) is 0 Å².